The highest BCUT2D eigenvalue weighted by Gasteiger charge is 2.27. The number of hydrogen-bond acceptors (Lipinski definition) is 7. The van der Waals surface area contributed by atoms with Gasteiger partial charge in [-0.1, -0.05) is 24.2 Å². The molecule has 3 aromatic rings. The fraction of sp³-hybridized carbons (Fsp3) is 0.407. The molecule has 0 radical (unpaired) electrons. The van der Waals surface area contributed by atoms with Crippen molar-refractivity contribution in [3.05, 3.63) is 60.0 Å². The second-order valence-electron chi connectivity index (χ2n) is 9.11. The number of piperidine rings is 1. The van der Waals surface area contributed by atoms with Gasteiger partial charge in [-0.2, -0.15) is 4.98 Å². The molecule has 2 N–H and O–H groups in total. The molecule has 0 saturated carbocycles. The largest absolute Gasteiger partial charge is 0.497 e. The highest BCUT2D eigenvalue weighted by Crippen LogP contribution is 2.24. The van der Waals surface area contributed by atoms with Crippen molar-refractivity contribution in [2.45, 2.75) is 45.7 Å². The van der Waals surface area contributed by atoms with Crippen LogP contribution in [0.15, 0.2) is 53.1 Å². The summed E-state index contributed by atoms with van der Waals surface area (Å²) in [7, 11) is 1.63. The van der Waals surface area contributed by atoms with Gasteiger partial charge in [-0.15, -0.1) is 0 Å². The van der Waals surface area contributed by atoms with Gasteiger partial charge >= 0.3 is 0 Å². The molecule has 36 heavy (non-hydrogen) atoms. The summed E-state index contributed by atoms with van der Waals surface area (Å²) in [5, 5.41) is 10.0. The first kappa shape index (κ1) is 25.4. The second kappa shape index (κ2) is 11.8. The van der Waals surface area contributed by atoms with Crippen LogP contribution in [0.4, 0.5) is 5.69 Å². The number of ether oxygens (including phenoxy) is 1. The van der Waals surface area contributed by atoms with E-state index >= 15 is 0 Å². The Hall–Kier alpha value is -3.72. The Kier molecular flexibility index (Phi) is 8.32. The fourth-order valence-electron chi connectivity index (χ4n) is 4.15. The van der Waals surface area contributed by atoms with Crippen molar-refractivity contribution in [3.8, 4) is 17.1 Å². The normalized spacial score (nSPS) is 15.3. The van der Waals surface area contributed by atoms with Crippen LogP contribution in [0, 0.1) is 5.92 Å². The van der Waals surface area contributed by atoms with Gasteiger partial charge in [0.15, 0.2) is 0 Å². The SMILES string of the molecule is CCC(C)NC(=O)c1ccccc1NC(=O)C1CCN(Cc2nc(-c3ccc(OC)cc3)no2)CC1. The molecule has 2 aromatic carbocycles. The predicted molar refractivity (Wildman–Crippen MR) is 137 cm³/mol. The van der Waals surface area contributed by atoms with Crippen molar-refractivity contribution < 1.29 is 18.8 Å². The van der Waals surface area contributed by atoms with E-state index < -0.39 is 0 Å². The van der Waals surface area contributed by atoms with Crippen molar-refractivity contribution in [3.63, 3.8) is 0 Å². The molecule has 2 heterocycles. The Morgan fingerprint density at radius 1 is 1.14 bits per heavy atom. The minimum absolute atomic E-state index is 0.0574. The molecule has 1 saturated heterocycles. The molecule has 1 aliphatic rings. The maximum atomic E-state index is 13.0. The van der Waals surface area contributed by atoms with Gasteiger partial charge in [0.25, 0.3) is 5.91 Å². The Balaban J connectivity index is 1.29. The van der Waals surface area contributed by atoms with E-state index in [4.69, 9.17) is 9.26 Å². The molecule has 1 aliphatic heterocycles. The van der Waals surface area contributed by atoms with Gasteiger partial charge in [-0.3, -0.25) is 14.5 Å². The molecular formula is C27H33N5O4. The van der Waals surface area contributed by atoms with Crippen LogP contribution >= 0.6 is 0 Å². The van der Waals surface area contributed by atoms with E-state index in [1.807, 2.05) is 44.2 Å². The van der Waals surface area contributed by atoms with Gasteiger partial charge in [0.1, 0.15) is 5.75 Å². The smallest absolute Gasteiger partial charge is 0.253 e. The summed E-state index contributed by atoms with van der Waals surface area (Å²) in [6.07, 6.45) is 2.27. The first-order valence-electron chi connectivity index (χ1n) is 12.4. The summed E-state index contributed by atoms with van der Waals surface area (Å²) in [5.41, 5.74) is 1.88. The number of rotatable bonds is 9. The molecule has 9 heteroatoms. The monoisotopic (exact) mass is 491 g/mol. The van der Waals surface area contributed by atoms with Crippen LogP contribution in [0.2, 0.25) is 0 Å². The first-order chi connectivity index (χ1) is 17.5. The zero-order valence-corrected chi connectivity index (χ0v) is 21.0. The zero-order valence-electron chi connectivity index (χ0n) is 21.0. The average molecular weight is 492 g/mol. The minimum atomic E-state index is -0.177. The van der Waals surface area contributed by atoms with Crippen molar-refractivity contribution in [1.82, 2.24) is 20.4 Å². The van der Waals surface area contributed by atoms with Crippen LogP contribution < -0.4 is 15.4 Å². The van der Waals surface area contributed by atoms with E-state index in [0.717, 1.165) is 30.8 Å². The molecule has 1 fully saturated rings. The lowest BCUT2D eigenvalue weighted by Crippen LogP contribution is -2.38. The van der Waals surface area contributed by atoms with Crippen molar-refractivity contribution in [1.29, 1.82) is 0 Å². The van der Waals surface area contributed by atoms with Crippen LogP contribution in [0.1, 0.15) is 49.4 Å². The summed E-state index contributed by atoms with van der Waals surface area (Å²) in [6.45, 7) is 6.00. The Morgan fingerprint density at radius 2 is 1.86 bits per heavy atom. The van der Waals surface area contributed by atoms with Crippen molar-refractivity contribution >= 4 is 17.5 Å². The molecule has 0 spiro atoms. The number of likely N-dealkylation sites (tertiary alicyclic amines) is 1. The number of benzene rings is 2. The third kappa shape index (κ3) is 6.28. The Bertz CT molecular complexity index is 1170. The Morgan fingerprint density at radius 3 is 2.56 bits per heavy atom. The number of para-hydroxylation sites is 1. The average Bonchev–Trinajstić information content (AvgIpc) is 3.37. The molecular weight excluding hydrogens is 458 g/mol. The molecule has 9 nitrogen and oxygen atoms in total. The van der Waals surface area contributed by atoms with Crippen LogP contribution in [0.25, 0.3) is 11.4 Å². The van der Waals surface area contributed by atoms with E-state index in [1.54, 1.807) is 25.3 Å². The number of methoxy groups -OCH3 is 1. The lowest BCUT2D eigenvalue weighted by Gasteiger charge is -2.30. The van der Waals surface area contributed by atoms with Crippen molar-refractivity contribution in [2.24, 2.45) is 5.92 Å². The van der Waals surface area contributed by atoms with E-state index in [2.05, 4.69) is 25.7 Å². The lowest BCUT2D eigenvalue weighted by atomic mass is 9.95. The first-order valence-corrected chi connectivity index (χ1v) is 12.4. The highest BCUT2D eigenvalue weighted by molar-refractivity contribution is 6.04. The number of hydrogen-bond donors (Lipinski definition) is 2. The van der Waals surface area contributed by atoms with E-state index in [-0.39, 0.29) is 23.8 Å². The molecule has 1 atom stereocenters. The molecule has 1 unspecified atom stereocenters. The van der Waals surface area contributed by atoms with Gasteiger partial charge in [0.2, 0.25) is 17.6 Å². The molecule has 0 aliphatic carbocycles. The van der Waals surface area contributed by atoms with Gasteiger partial charge < -0.3 is 19.9 Å². The quantitative estimate of drug-likeness (QED) is 0.463. The van der Waals surface area contributed by atoms with Crippen LogP contribution in [-0.4, -0.2) is 53.1 Å². The minimum Gasteiger partial charge on any atom is -0.497 e. The molecule has 4 rings (SSSR count). The maximum absolute atomic E-state index is 13.0. The lowest BCUT2D eigenvalue weighted by molar-refractivity contribution is -0.121. The van der Waals surface area contributed by atoms with Crippen molar-refractivity contribution in [2.75, 3.05) is 25.5 Å². The molecule has 1 aromatic heterocycles. The standard InChI is InChI=1S/C27H33N5O4/c1-4-18(2)28-27(34)22-7-5-6-8-23(22)29-26(33)20-13-15-32(16-14-20)17-24-30-25(31-36-24)19-9-11-21(35-3)12-10-19/h5-12,18,20H,4,13-17H2,1-3H3,(H,28,34)(H,29,33). The highest BCUT2D eigenvalue weighted by atomic mass is 16.5. The van der Waals surface area contributed by atoms with Gasteiger partial charge in [0.05, 0.1) is 24.9 Å². The number of amides is 2. The summed E-state index contributed by atoms with van der Waals surface area (Å²) in [6, 6.07) is 14.7. The molecule has 2 amide bonds. The number of carbonyl (C=O) groups is 2. The van der Waals surface area contributed by atoms with E-state index in [0.29, 0.717) is 42.4 Å². The van der Waals surface area contributed by atoms with E-state index in [9.17, 15) is 9.59 Å². The van der Waals surface area contributed by atoms with Crippen LogP contribution in [0.3, 0.4) is 0 Å². The third-order valence-electron chi connectivity index (χ3n) is 6.55. The zero-order chi connectivity index (χ0) is 25.5. The third-order valence-corrected chi connectivity index (χ3v) is 6.55. The summed E-state index contributed by atoms with van der Waals surface area (Å²) in [5.74, 6) is 1.50. The number of carbonyl (C=O) groups excluding carboxylic acids is 2. The van der Waals surface area contributed by atoms with Gasteiger partial charge in [0, 0.05) is 17.5 Å². The second-order valence-corrected chi connectivity index (χ2v) is 9.11. The number of anilines is 1. The number of nitrogens with zero attached hydrogens (tertiary/aromatic N) is 3. The predicted octanol–water partition coefficient (Wildman–Crippen LogP) is 4.12. The van der Waals surface area contributed by atoms with Gasteiger partial charge in [-0.05, 0) is 75.7 Å². The topological polar surface area (TPSA) is 110 Å². The van der Waals surface area contributed by atoms with Gasteiger partial charge in [-0.25, -0.2) is 0 Å². The summed E-state index contributed by atoms with van der Waals surface area (Å²) < 4.78 is 10.6. The summed E-state index contributed by atoms with van der Waals surface area (Å²) in [4.78, 5) is 32.3. The summed E-state index contributed by atoms with van der Waals surface area (Å²) >= 11 is 0. The molecule has 0 bridgehead atoms. The fourth-order valence-corrected chi connectivity index (χ4v) is 4.15. The number of aromatic nitrogens is 2. The number of nitrogens with one attached hydrogen (secondary N) is 2. The van der Waals surface area contributed by atoms with Crippen LogP contribution in [-0.2, 0) is 11.3 Å². The Labute approximate surface area is 211 Å². The maximum Gasteiger partial charge on any atom is 0.253 e. The van der Waals surface area contributed by atoms with Crippen LogP contribution in [0.5, 0.6) is 5.75 Å². The van der Waals surface area contributed by atoms with E-state index in [1.165, 1.54) is 0 Å². The molecule has 190 valence electrons.